The Labute approximate surface area is 98.6 Å². The Bertz CT molecular complexity index is 495. The van der Waals surface area contributed by atoms with Gasteiger partial charge < -0.3 is 10.2 Å². The molecule has 1 fully saturated rings. The van der Waals surface area contributed by atoms with E-state index in [2.05, 4.69) is 5.32 Å². The van der Waals surface area contributed by atoms with Gasteiger partial charge in [0, 0.05) is 13.6 Å². The van der Waals surface area contributed by atoms with Crippen LogP contribution in [0, 0.1) is 17.1 Å². The van der Waals surface area contributed by atoms with Crippen molar-refractivity contribution in [2.75, 3.05) is 18.9 Å². The second kappa shape index (κ2) is 4.42. The number of carbonyl (C=O) groups excluding carboxylic acids is 1. The Morgan fingerprint density at radius 2 is 2.35 bits per heavy atom. The number of hydrogen-bond donors (Lipinski definition) is 1. The fourth-order valence-electron chi connectivity index (χ4n) is 1.90. The minimum absolute atomic E-state index is 0.0295. The summed E-state index contributed by atoms with van der Waals surface area (Å²) in [5, 5.41) is 11.8. The lowest BCUT2D eigenvalue weighted by atomic mass is 10.1. The van der Waals surface area contributed by atoms with Gasteiger partial charge in [-0.25, -0.2) is 4.39 Å². The summed E-state index contributed by atoms with van der Waals surface area (Å²) >= 11 is 0. The van der Waals surface area contributed by atoms with Gasteiger partial charge in [-0.2, -0.15) is 5.26 Å². The standard InChI is InChI=1S/C12H12FN3O/c1-16-6-5-11(12(16)17)15-10-4-2-3-9(13)8(10)7-14/h2-4,11,15H,5-6H2,1H3. The summed E-state index contributed by atoms with van der Waals surface area (Å²) in [6.45, 7) is 0.674. The summed E-state index contributed by atoms with van der Waals surface area (Å²) in [5.41, 5.74) is 0.330. The van der Waals surface area contributed by atoms with Crippen molar-refractivity contribution in [3.05, 3.63) is 29.6 Å². The van der Waals surface area contributed by atoms with Crippen LogP contribution in [0.15, 0.2) is 18.2 Å². The van der Waals surface area contributed by atoms with E-state index >= 15 is 0 Å². The molecule has 88 valence electrons. The van der Waals surface area contributed by atoms with Gasteiger partial charge in [0.1, 0.15) is 23.5 Å². The predicted octanol–water partition coefficient (Wildman–Crippen LogP) is 1.34. The number of carbonyl (C=O) groups is 1. The molecule has 1 atom stereocenters. The molecule has 17 heavy (non-hydrogen) atoms. The van der Waals surface area contributed by atoms with E-state index < -0.39 is 5.82 Å². The maximum atomic E-state index is 13.3. The number of halogens is 1. The van der Waals surface area contributed by atoms with Crippen molar-refractivity contribution in [2.24, 2.45) is 0 Å². The van der Waals surface area contributed by atoms with Crippen LogP contribution in [-0.2, 0) is 4.79 Å². The zero-order valence-electron chi connectivity index (χ0n) is 9.40. The molecule has 1 saturated heterocycles. The molecule has 5 heteroatoms. The highest BCUT2D eigenvalue weighted by Gasteiger charge is 2.29. The van der Waals surface area contributed by atoms with E-state index in [1.165, 1.54) is 12.1 Å². The smallest absolute Gasteiger partial charge is 0.244 e. The molecule has 1 aliphatic rings. The number of likely N-dealkylation sites (N-methyl/N-ethyl adjacent to an activating group) is 1. The van der Waals surface area contributed by atoms with Crippen LogP contribution in [0.1, 0.15) is 12.0 Å². The minimum Gasteiger partial charge on any atom is -0.372 e. The number of anilines is 1. The average molecular weight is 233 g/mol. The predicted molar refractivity (Wildman–Crippen MR) is 60.8 cm³/mol. The van der Waals surface area contributed by atoms with Crippen LogP contribution in [0.5, 0.6) is 0 Å². The van der Waals surface area contributed by atoms with Crippen molar-refractivity contribution in [3.63, 3.8) is 0 Å². The van der Waals surface area contributed by atoms with E-state index in [4.69, 9.17) is 5.26 Å². The molecular formula is C12H12FN3O. The number of benzene rings is 1. The second-order valence-electron chi connectivity index (χ2n) is 4.02. The van der Waals surface area contributed by atoms with Gasteiger partial charge in [0.15, 0.2) is 0 Å². The maximum absolute atomic E-state index is 13.3. The molecule has 1 aliphatic heterocycles. The molecule has 4 nitrogen and oxygen atoms in total. The molecule has 0 aromatic heterocycles. The molecule has 1 aromatic carbocycles. The van der Waals surface area contributed by atoms with E-state index in [1.807, 2.05) is 0 Å². The lowest BCUT2D eigenvalue weighted by Crippen LogP contribution is -2.31. The van der Waals surface area contributed by atoms with Crippen LogP contribution in [0.3, 0.4) is 0 Å². The van der Waals surface area contributed by atoms with Crippen molar-refractivity contribution in [1.82, 2.24) is 4.90 Å². The molecule has 0 radical (unpaired) electrons. The summed E-state index contributed by atoms with van der Waals surface area (Å²) < 4.78 is 13.3. The molecule has 1 amide bonds. The van der Waals surface area contributed by atoms with Crippen LogP contribution in [0.25, 0.3) is 0 Å². The van der Waals surface area contributed by atoms with Crippen LogP contribution in [0.4, 0.5) is 10.1 Å². The fraction of sp³-hybridized carbons (Fsp3) is 0.333. The average Bonchev–Trinajstić information content (AvgIpc) is 2.61. The van der Waals surface area contributed by atoms with E-state index in [0.29, 0.717) is 18.7 Å². The van der Waals surface area contributed by atoms with Gasteiger partial charge in [0.25, 0.3) is 0 Å². The summed E-state index contributed by atoms with van der Waals surface area (Å²) in [5.74, 6) is -0.602. The number of nitriles is 1. The number of nitrogens with one attached hydrogen (secondary N) is 1. The lowest BCUT2D eigenvalue weighted by molar-refractivity contribution is -0.127. The number of amides is 1. The summed E-state index contributed by atoms with van der Waals surface area (Å²) in [6.07, 6.45) is 0.663. The van der Waals surface area contributed by atoms with E-state index in [0.717, 1.165) is 0 Å². The second-order valence-corrected chi connectivity index (χ2v) is 4.02. The number of likely N-dealkylation sites (tertiary alicyclic amines) is 1. The Balaban J connectivity index is 2.23. The molecule has 1 heterocycles. The van der Waals surface area contributed by atoms with Crippen LogP contribution < -0.4 is 5.32 Å². The molecule has 0 saturated carbocycles. The monoisotopic (exact) mass is 233 g/mol. The first kappa shape index (κ1) is 11.4. The third-order valence-electron chi connectivity index (χ3n) is 2.88. The number of rotatable bonds is 2. The van der Waals surface area contributed by atoms with E-state index in [1.54, 1.807) is 24.1 Å². The van der Waals surface area contributed by atoms with Crippen LogP contribution in [-0.4, -0.2) is 30.4 Å². The Kier molecular flexibility index (Phi) is 2.96. The zero-order chi connectivity index (χ0) is 12.4. The quantitative estimate of drug-likeness (QED) is 0.838. The summed E-state index contributed by atoms with van der Waals surface area (Å²) in [6, 6.07) is 5.78. The topological polar surface area (TPSA) is 56.1 Å². The Morgan fingerprint density at radius 3 is 2.94 bits per heavy atom. The van der Waals surface area contributed by atoms with Crippen molar-refractivity contribution in [3.8, 4) is 6.07 Å². The molecule has 0 spiro atoms. The number of hydrogen-bond acceptors (Lipinski definition) is 3. The minimum atomic E-state index is -0.573. The molecule has 2 rings (SSSR count). The van der Waals surface area contributed by atoms with Crippen molar-refractivity contribution < 1.29 is 9.18 Å². The highest BCUT2D eigenvalue weighted by molar-refractivity contribution is 5.86. The summed E-state index contributed by atoms with van der Waals surface area (Å²) in [4.78, 5) is 13.3. The highest BCUT2D eigenvalue weighted by Crippen LogP contribution is 2.21. The molecule has 1 N–H and O–H groups in total. The molecule has 0 aliphatic carbocycles. The number of nitrogens with zero attached hydrogens (tertiary/aromatic N) is 2. The van der Waals surface area contributed by atoms with Gasteiger partial charge in [-0.15, -0.1) is 0 Å². The highest BCUT2D eigenvalue weighted by atomic mass is 19.1. The third kappa shape index (κ3) is 2.07. The maximum Gasteiger partial charge on any atom is 0.244 e. The summed E-state index contributed by atoms with van der Waals surface area (Å²) in [7, 11) is 1.72. The molecular weight excluding hydrogens is 221 g/mol. The Hall–Kier alpha value is -2.09. The fourth-order valence-corrected chi connectivity index (χ4v) is 1.90. The largest absolute Gasteiger partial charge is 0.372 e. The zero-order valence-corrected chi connectivity index (χ0v) is 9.40. The Morgan fingerprint density at radius 1 is 1.59 bits per heavy atom. The SMILES string of the molecule is CN1CCC(Nc2cccc(F)c2C#N)C1=O. The van der Waals surface area contributed by atoms with Crippen LogP contribution in [0.2, 0.25) is 0 Å². The first-order chi connectivity index (χ1) is 8.13. The first-order valence-electron chi connectivity index (χ1n) is 5.33. The van der Waals surface area contributed by atoms with Crippen LogP contribution >= 0.6 is 0 Å². The van der Waals surface area contributed by atoms with Gasteiger partial charge in [0.05, 0.1) is 5.69 Å². The molecule has 0 bridgehead atoms. The normalized spacial score (nSPS) is 19.2. The van der Waals surface area contributed by atoms with Gasteiger partial charge in [-0.05, 0) is 18.6 Å². The first-order valence-corrected chi connectivity index (χ1v) is 5.33. The van der Waals surface area contributed by atoms with Gasteiger partial charge in [-0.3, -0.25) is 4.79 Å². The van der Waals surface area contributed by atoms with E-state index in [9.17, 15) is 9.18 Å². The van der Waals surface area contributed by atoms with Gasteiger partial charge in [-0.1, -0.05) is 6.07 Å². The third-order valence-corrected chi connectivity index (χ3v) is 2.88. The van der Waals surface area contributed by atoms with E-state index in [-0.39, 0.29) is 17.5 Å². The van der Waals surface area contributed by atoms with Gasteiger partial charge >= 0.3 is 0 Å². The van der Waals surface area contributed by atoms with Gasteiger partial charge in [0.2, 0.25) is 5.91 Å². The van der Waals surface area contributed by atoms with Crippen molar-refractivity contribution in [1.29, 1.82) is 5.26 Å². The lowest BCUT2D eigenvalue weighted by Gasteiger charge is -2.14. The molecule has 1 aromatic rings. The van der Waals surface area contributed by atoms with Crippen molar-refractivity contribution >= 4 is 11.6 Å². The van der Waals surface area contributed by atoms with Crippen molar-refractivity contribution in [2.45, 2.75) is 12.5 Å². The molecule has 1 unspecified atom stereocenters.